The van der Waals surface area contributed by atoms with Crippen LogP contribution in [0.3, 0.4) is 0 Å². The van der Waals surface area contributed by atoms with E-state index in [9.17, 15) is 4.39 Å². The van der Waals surface area contributed by atoms with Gasteiger partial charge in [-0.15, -0.1) is 0 Å². The first-order valence-corrected chi connectivity index (χ1v) is 7.79. The van der Waals surface area contributed by atoms with Gasteiger partial charge in [0.15, 0.2) is 0 Å². The van der Waals surface area contributed by atoms with Crippen molar-refractivity contribution in [1.82, 2.24) is 0 Å². The largest absolute Gasteiger partial charge is 0.368 e. The highest BCUT2D eigenvalue weighted by Gasteiger charge is 2.48. The lowest BCUT2D eigenvalue weighted by atomic mass is 9.58. The zero-order valence-corrected chi connectivity index (χ0v) is 14.0. The van der Waals surface area contributed by atoms with E-state index < -0.39 is 0 Å². The monoisotopic (exact) mass is 292 g/mol. The molecule has 2 nitrogen and oxygen atoms in total. The lowest BCUT2D eigenvalue weighted by molar-refractivity contribution is 0.0500. The highest BCUT2D eigenvalue weighted by Crippen LogP contribution is 2.52. The van der Waals surface area contributed by atoms with Crippen molar-refractivity contribution in [1.29, 1.82) is 0 Å². The molecule has 0 aliphatic heterocycles. The van der Waals surface area contributed by atoms with Crippen molar-refractivity contribution >= 4 is 5.69 Å². The van der Waals surface area contributed by atoms with Crippen LogP contribution >= 0.6 is 0 Å². The van der Waals surface area contributed by atoms with Crippen molar-refractivity contribution in [2.45, 2.75) is 52.5 Å². The van der Waals surface area contributed by atoms with Crippen LogP contribution in [0.25, 0.3) is 0 Å². The summed E-state index contributed by atoms with van der Waals surface area (Å²) in [5, 5.41) is 0. The van der Waals surface area contributed by atoms with Gasteiger partial charge in [-0.05, 0) is 54.4 Å². The van der Waals surface area contributed by atoms with Crippen LogP contribution in [0.2, 0.25) is 0 Å². The molecule has 1 aromatic rings. The maximum absolute atomic E-state index is 13.2. The molecule has 1 aliphatic carbocycles. The number of halogens is 1. The van der Waals surface area contributed by atoms with E-state index in [1.165, 1.54) is 18.6 Å². The summed E-state index contributed by atoms with van der Waals surface area (Å²) < 4.78 is 13.2. The van der Waals surface area contributed by atoms with Crippen molar-refractivity contribution in [3.63, 3.8) is 0 Å². The molecule has 0 unspecified atom stereocenters. The van der Waals surface area contributed by atoms with Gasteiger partial charge in [0.05, 0.1) is 5.54 Å². The summed E-state index contributed by atoms with van der Waals surface area (Å²) in [6, 6.07) is 6.74. The number of likely N-dealkylation sites (N-methyl/N-ethyl adjacent to an activating group) is 1. The predicted molar refractivity (Wildman–Crippen MR) is 88.0 cm³/mol. The summed E-state index contributed by atoms with van der Waals surface area (Å²) in [5.74, 6) is -0.196. The molecule has 21 heavy (non-hydrogen) atoms. The minimum absolute atomic E-state index is 0.0664. The quantitative estimate of drug-likeness (QED) is 0.905. The van der Waals surface area contributed by atoms with E-state index in [0.29, 0.717) is 6.54 Å². The molecule has 0 amide bonds. The first kappa shape index (κ1) is 16.3. The topological polar surface area (TPSA) is 29.3 Å². The van der Waals surface area contributed by atoms with Crippen LogP contribution in [0, 0.1) is 16.6 Å². The number of rotatable bonds is 3. The fraction of sp³-hybridized carbons (Fsp3) is 0.667. The lowest BCUT2D eigenvalue weighted by Gasteiger charge is -2.56. The number of benzene rings is 1. The standard InChI is InChI=1S/C18H29FN2/c1-16(2)10-17(3,4)12-18(11-16,13-20)21(5)15-8-6-14(19)7-9-15/h6-9H,10-13,20H2,1-5H3. The van der Waals surface area contributed by atoms with Gasteiger partial charge in [-0.3, -0.25) is 0 Å². The van der Waals surface area contributed by atoms with Crippen LogP contribution in [-0.2, 0) is 0 Å². The Morgan fingerprint density at radius 1 is 1.00 bits per heavy atom. The van der Waals surface area contributed by atoms with Gasteiger partial charge >= 0.3 is 0 Å². The van der Waals surface area contributed by atoms with Gasteiger partial charge in [-0.25, -0.2) is 4.39 Å². The van der Waals surface area contributed by atoms with Crippen molar-refractivity contribution in [2.24, 2.45) is 16.6 Å². The molecule has 0 bridgehead atoms. The minimum Gasteiger partial charge on any atom is -0.368 e. The number of hydrogen-bond donors (Lipinski definition) is 1. The van der Waals surface area contributed by atoms with Crippen molar-refractivity contribution in [3.05, 3.63) is 30.1 Å². The van der Waals surface area contributed by atoms with Crippen molar-refractivity contribution < 1.29 is 4.39 Å². The molecule has 1 aromatic carbocycles. The molecule has 0 heterocycles. The molecule has 0 aromatic heterocycles. The van der Waals surface area contributed by atoms with Gasteiger partial charge in [0, 0.05) is 19.3 Å². The second kappa shape index (κ2) is 5.28. The second-order valence-corrected chi connectivity index (χ2v) is 8.32. The Hall–Kier alpha value is -1.09. The maximum atomic E-state index is 13.2. The molecule has 1 fully saturated rings. The molecule has 2 N–H and O–H groups in total. The molecule has 1 saturated carbocycles. The Balaban J connectivity index is 2.38. The van der Waals surface area contributed by atoms with E-state index in [2.05, 4.69) is 39.6 Å². The summed E-state index contributed by atoms with van der Waals surface area (Å²) in [5.41, 5.74) is 7.72. The molecule has 3 heteroatoms. The molecule has 0 radical (unpaired) electrons. The number of nitrogens with zero attached hydrogens (tertiary/aromatic N) is 1. The maximum Gasteiger partial charge on any atom is 0.123 e. The van der Waals surface area contributed by atoms with Gasteiger partial charge in [0.2, 0.25) is 0 Å². The summed E-state index contributed by atoms with van der Waals surface area (Å²) in [4.78, 5) is 2.27. The summed E-state index contributed by atoms with van der Waals surface area (Å²) in [6.45, 7) is 9.94. The first-order chi connectivity index (χ1) is 9.59. The molecule has 1 aliphatic rings. The molecule has 0 saturated heterocycles. The van der Waals surface area contributed by atoms with E-state index in [1.807, 2.05) is 12.1 Å². The lowest BCUT2D eigenvalue weighted by Crippen LogP contribution is -2.60. The van der Waals surface area contributed by atoms with Crippen LogP contribution in [0.1, 0.15) is 47.0 Å². The third kappa shape index (κ3) is 3.39. The van der Waals surface area contributed by atoms with E-state index in [0.717, 1.165) is 18.5 Å². The molecule has 0 atom stereocenters. The van der Waals surface area contributed by atoms with Gasteiger partial charge in [0.1, 0.15) is 5.82 Å². The summed E-state index contributed by atoms with van der Waals surface area (Å²) in [6.07, 6.45) is 3.33. The second-order valence-electron chi connectivity index (χ2n) is 8.32. The molecular weight excluding hydrogens is 263 g/mol. The molecule has 0 spiro atoms. The molecular formula is C18H29FN2. The van der Waals surface area contributed by atoms with Gasteiger partial charge in [0.25, 0.3) is 0 Å². The third-order valence-electron chi connectivity index (χ3n) is 4.88. The SMILES string of the molecule is CN(c1ccc(F)cc1)C1(CN)CC(C)(C)CC(C)(C)C1. The Morgan fingerprint density at radius 2 is 1.48 bits per heavy atom. The molecule has 118 valence electrons. The van der Waals surface area contributed by atoms with Crippen LogP contribution in [0.5, 0.6) is 0 Å². The van der Waals surface area contributed by atoms with Crippen molar-refractivity contribution in [2.75, 3.05) is 18.5 Å². The Kier molecular flexibility index (Phi) is 4.09. The highest BCUT2D eigenvalue weighted by atomic mass is 19.1. The number of anilines is 1. The minimum atomic E-state index is -0.196. The van der Waals surface area contributed by atoms with Crippen molar-refractivity contribution in [3.8, 4) is 0 Å². The zero-order chi connectivity index (χ0) is 15.9. The van der Waals surface area contributed by atoms with Crippen LogP contribution in [0.4, 0.5) is 10.1 Å². The summed E-state index contributed by atoms with van der Waals surface area (Å²) in [7, 11) is 2.09. The number of nitrogens with two attached hydrogens (primary N) is 1. The highest BCUT2D eigenvalue weighted by molar-refractivity contribution is 5.49. The van der Waals surface area contributed by atoms with E-state index in [-0.39, 0.29) is 22.2 Å². The average Bonchev–Trinajstić information content (AvgIpc) is 2.35. The van der Waals surface area contributed by atoms with Gasteiger partial charge < -0.3 is 10.6 Å². The fourth-order valence-corrected chi connectivity index (χ4v) is 4.72. The third-order valence-corrected chi connectivity index (χ3v) is 4.88. The van der Waals surface area contributed by atoms with E-state index in [4.69, 9.17) is 5.73 Å². The number of hydrogen-bond acceptors (Lipinski definition) is 2. The van der Waals surface area contributed by atoms with Crippen LogP contribution in [0.15, 0.2) is 24.3 Å². The smallest absolute Gasteiger partial charge is 0.123 e. The van der Waals surface area contributed by atoms with E-state index >= 15 is 0 Å². The fourth-order valence-electron chi connectivity index (χ4n) is 4.72. The normalized spacial score (nSPS) is 22.8. The van der Waals surface area contributed by atoms with Crippen LogP contribution in [-0.4, -0.2) is 19.1 Å². The average molecular weight is 292 g/mol. The first-order valence-electron chi connectivity index (χ1n) is 7.79. The van der Waals surface area contributed by atoms with E-state index in [1.54, 1.807) is 0 Å². The van der Waals surface area contributed by atoms with Gasteiger partial charge in [-0.2, -0.15) is 0 Å². The zero-order valence-electron chi connectivity index (χ0n) is 14.0. The van der Waals surface area contributed by atoms with Gasteiger partial charge in [-0.1, -0.05) is 27.7 Å². The summed E-state index contributed by atoms with van der Waals surface area (Å²) >= 11 is 0. The van der Waals surface area contributed by atoms with Crippen LogP contribution < -0.4 is 10.6 Å². The molecule has 2 rings (SSSR count). The predicted octanol–water partition coefficient (Wildman–Crippen LogP) is 4.20. The Bertz CT molecular complexity index is 474. The Morgan fingerprint density at radius 3 is 1.90 bits per heavy atom. The Labute approximate surface area is 128 Å².